The summed E-state index contributed by atoms with van der Waals surface area (Å²) in [5.41, 5.74) is -1.37. The van der Waals surface area contributed by atoms with Gasteiger partial charge >= 0.3 is 6.18 Å². The molecule has 0 aromatic heterocycles. The van der Waals surface area contributed by atoms with Gasteiger partial charge in [-0.3, -0.25) is 0 Å². The fourth-order valence-corrected chi connectivity index (χ4v) is 5.08. The highest BCUT2D eigenvalue weighted by Gasteiger charge is 2.40. The highest BCUT2D eigenvalue weighted by molar-refractivity contribution is 5.44. The molecule has 0 spiro atoms. The molecule has 174 valence electrons. The van der Waals surface area contributed by atoms with E-state index in [4.69, 9.17) is 9.47 Å². The lowest BCUT2D eigenvalue weighted by Gasteiger charge is -2.35. The van der Waals surface area contributed by atoms with Gasteiger partial charge in [-0.2, -0.15) is 13.2 Å². The maximum Gasteiger partial charge on any atom is 0.422 e. The number of rotatable bonds is 8. The number of ether oxygens (including phenoxy) is 2. The number of allylic oxidation sites excluding steroid dienone is 2. The highest BCUT2D eigenvalue weighted by atomic mass is 19.4. The third-order valence-electron chi connectivity index (χ3n) is 6.78. The standard InChI is InChI=1S/C25H34F4O2/c1-3-5-17-6-10-19(11-7-17)20-12-8-18(9-13-20)16-31-21-14-15-22(30-4-2)24(26)23(21)25(27,28)29/h6,10,14-15,17-20H,3-5,7-9,11-13,16H2,1-2H3. The molecule has 0 saturated heterocycles. The van der Waals surface area contributed by atoms with Gasteiger partial charge in [0.1, 0.15) is 11.3 Å². The molecule has 2 nitrogen and oxygen atoms in total. The van der Waals surface area contributed by atoms with E-state index in [0.717, 1.165) is 31.6 Å². The molecule has 2 aliphatic carbocycles. The molecule has 3 rings (SSSR count). The molecule has 1 fully saturated rings. The fourth-order valence-electron chi connectivity index (χ4n) is 5.08. The highest BCUT2D eigenvalue weighted by Crippen LogP contribution is 2.43. The van der Waals surface area contributed by atoms with E-state index in [-0.39, 0.29) is 19.1 Å². The first kappa shape index (κ1) is 23.9. The van der Waals surface area contributed by atoms with E-state index in [0.29, 0.717) is 11.8 Å². The smallest absolute Gasteiger partial charge is 0.422 e. The Morgan fingerprint density at radius 1 is 0.903 bits per heavy atom. The van der Waals surface area contributed by atoms with Crippen LogP contribution in [0.25, 0.3) is 0 Å². The van der Waals surface area contributed by atoms with Crippen LogP contribution in [0.15, 0.2) is 24.3 Å². The SMILES string of the molecule is CCCC1C=CC(C2CCC(COc3ccc(OCC)c(F)c3C(F)(F)F)CC2)CC1. The Bertz CT molecular complexity index is 736. The summed E-state index contributed by atoms with van der Waals surface area (Å²) in [5.74, 6) is -0.0374. The number of alkyl halides is 3. The molecule has 0 N–H and O–H groups in total. The minimum absolute atomic E-state index is 0.0904. The van der Waals surface area contributed by atoms with E-state index < -0.39 is 29.1 Å². The summed E-state index contributed by atoms with van der Waals surface area (Å²) in [6, 6.07) is 2.38. The maximum absolute atomic E-state index is 14.4. The van der Waals surface area contributed by atoms with Crippen LogP contribution in [0.5, 0.6) is 11.5 Å². The summed E-state index contributed by atoms with van der Waals surface area (Å²) in [5, 5.41) is 0. The van der Waals surface area contributed by atoms with Crippen LogP contribution < -0.4 is 9.47 Å². The first-order valence-electron chi connectivity index (χ1n) is 11.7. The Labute approximate surface area is 183 Å². The summed E-state index contributed by atoms with van der Waals surface area (Å²) in [4.78, 5) is 0. The van der Waals surface area contributed by atoms with Gasteiger partial charge in [0, 0.05) is 0 Å². The molecule has 0 heterocycles. The van der Waals surface area contributed by atoms with Gasteiger partial charge in [-0.05, 0) is 87.7 Å². The van der Waals surface area contributed by atoms with Crippen molar-refractivity contribution in [2.75, 3.05) is 13.2 Å². The van der Waals surface area contributed by atoms with Gasteiger partial charge in [-0.25, -0.2) is 4.39 Å². The monoisotopic (exact) mass is 442 g/mol. The minimum atomic E-state index is -4.84. The molecule has 1 aromatic carbocycles. The topological polar surface area (TPSA) is 18.5 Å². The normalized spacial score (nSPS) is 26.6. The first-order valence-corrected chi connectivity index (χ1v) is 11.7. The predicted molar refractivity (Wildman–Crippen MR) is 114 cm³/mol. The molecule has 6 heteroatoms. The van der Waals surface area contributed by atoms with E-state index in [1.807, 2.05) is 0 Å². The van der Waals surface area contributed by atoms with Crippen molar-refractivity contribution in [3.63, 3.8) is 0 Å². The predicted octanol–water partition coefficient (Wildman–Crippen LogP) is 7.81. The zero-order valence-electron chi connectivity index (χ0n) is 18.5. The second kappa shape index (κ2) is 10.7. The Morgan fingerprint density at radius 3 is 2.19 bits per heavy atom. The maximum atomic E-state index is 14.4. The van der Waals surface area contributed by atoms with Gasteiger partial charge in [-0.15, -0.1) is 0 Å². The minimum Gasteiger partial charge on any atom is -0.493 e. The molecule has 2 atom stereocenters. The van der Waals surface area contributed by atoms with Crippen LogP contribution in [0, 0.1) is 29.5 Å². The van der Waals surface area contributed by atoms with Crippen molar-refractivity contribution >= 4 is 0 Å². The van der Waals surface area contributed by atoms with Crippen molar-refractivity contribution < 1.29 is 27.0 Å². The molecular formula is C25H34F4O2. The second-order valence-electron chi connectivity index (χ2n) is 8.95. The Hall–Kier alpha value is -1.72. The average Bonchev–Trinajstić information content (AvgIpc) is 2.74. The van der Waals surface area contributed by atoms with E-state index in [1.165, 1.54) is 37.8 Å². The average molecular weight is 443 g/mol. The van der Waals surface area contributed by atoms with Crippen LogP contribution in [0.1, 0.15) is 70.8 Å². The number of hydrogen-bond acceptors (Lipinski definition) is 2. The summed E-state index contributed by atoms with van der Waals surface area (Å²) in [6.45, 7) is 4.10. The van der Waals surface area contributed by atoms with Crippen LogP contribution >= 0.6 is 0 Å². The lowest BCUT2D eigenvalue weighted by molar-refractivity contribution is -0.141. The van der Waals surface area contributed by atoms with Crippen LogP contribution in [0.3, 0.4) is 0 Å². The van der Waals surface area contributed by atoms with Crippen LogP contribution in [0.4, 0.5) is 17.6 Å². The summed E-state index contributed by atoms with van der Waals surface area (Å²) >= 11 is 0. The van der Waals surface area contributed by atoms with Crippen LogP contribution in [-0.4, -0.2) is 13.2 Å². The van der Waals surface area contributed by atoms with Crippen molar-refractivity contribution in [1.29, 1.82) is 0 Å². The zero-order chi connectivity index (χ0) is 22.4. The van der Waals surface area contributed by atoms with Gasteiger partial charge in [0.25, 0.3) is 0 Å². The van der Waals surface area contributed by atoms with Gasteiger partial charge in [0.15, 0.2) is 11.6 Å². The summed E-state index contributed by atoms with van der Waals surface area (Å²) in [6.07, 6.45) is 8.98. The van der Waals surface area contributed by atoms with Crippen molar-refractivity contribution in [3.8, 4) is 11.5 Å². The Morgan fingerprint density at radius 2 is 1.61 bits per heavy atom. The second-order valence-corrected chi connectivity index (χ2v) is 8.95. The largest absolute Gasteiger partial charge is 0.493 e. The van der Waals surface area contributed by atoms with E-state index in [2.05, 4.69) is 19.1 Å². The van der Waals surface area contributed by atoms with E-state index in [9.17, 15) is 17.6 Å². The molecular weight excluding hydrogens is 408 g/mol. The van der Waals surface area contributed by atoms with Crippen molar-refractivity contribution in [2.24, 2.45) is 23.7 Å². The van der Waals surface area contributed by atoms with Gasteiger partial charge in [-0.1, -0.05) is 25.5 Å². The number of benzene rings is 1. The van der Waals surface area contributed by atoms with Crippen molar-refractivity contribution in [1.82, 2.24) is 0 Å². The van der Waals surface area contributed by atoms with Crippen molar-refractivity contribution in [2.45, 2.75) is 71.4 Å². The Balaban J connectivity index is 1.55. The third kappa shape index (κ3) is 6.17. The van der Waals surface area contributed by atoms with Crippen LogP contribution in [-0.2, 0) is 6.18 Å². The molecule has 0 radical (unpaired) electrons. The zero-order valence-corrected chi connectivity index (χ0v) is 18.5. The molecule has 2 aliphatic rings. The number of hydrogen-bond donors (Lipinski definition) is 0. The third-order valence-corrected chi connectivity index (χ3v) is 6.78. The Kier molecular flexibility index (Phi) is 8.29. The van der Waals surface area contributed by atoms with Gasteiger partial charge in [0.2, 0.25) is 0 Å². The molecule has 2 unspecified atom stereocenters. The molecule has 1 aromatic rings. The van der Waals surface area contributed by atoms with Crippen molar-refractivity contribution in [3.05, 3.63) is 35.7 Å². The quantitative estimate of drug-likeness (QED) is 0.302. The molecule has 1 saturated carbocycles. The molecule has 31 heavy (non-hydrogen) atoms. The molecule has 0 bridgehead atoms. The van der Waals surface area contributed by atoms with Crippen LogP contribution in [0.2, 0.25) is 0 Å². The van der Waals surface area contributed by atoms with E-state index >= 15 is 0 Å². The fraction of sp³-hybridized carbons (Fsp3) is 0.680. The van der Waals surface area contributed by atoms with E-state index in [1.54, 1.807) is 6.92 Å². The van der Waals surface area contributed by atoms with Gasteiger partial charge in [0.05, 0.1) is 13.2 Å². The lowest BCUT2D eigenvalue weighted by Crippen LogP contribution is -2.26. The number of halogens is 4. The van der Waals surface area contributed by atoms with Gasteiger partial charge < -0.3 is 9.47 Å². The molecule has 0 aliphatic heterocycles. The first-order chi connectivity index (χ1) is 14.8. The lowest BCUT2D eigenvalue weighted by atomic mass is 9.72. The summed E-state index contributed by atoms with van der Waals surface area (Å²) < 4.78 is 65.2. The summed E-state index contributed by atoms with van der Waals surface area (Å²) in [7, 11) is 0. The molecule has 0 amide bonds.